The molecule has 1 atom stereocenters. The number of anilines is 2. The van der Waals surface area contributed by atoms with Crippen LogP contribution in [0, 0.1) is 0 Å². The maximum Gasteiger partial charge on any atom is 0.232 e. The third-order valence-corrected chi connectivity index (χ3v) is 3.70. The molecular formula is C19H22N2O3. The molecule has 126 valence electrons. The van der Waals surface area contributed by atoms with Crippen molar-refractivity contribution in [3.05, 3.63) is 54.1 Å². The van der Waals surface area contributed by atoms with Crippen molar-refractivity contribution in [1.82, 2.24) is 0 Å². The fourth-order valence-corrected chi connectivity index (χ4v) is 2.56. The summed E-state index contributed by atoms with van der Waals surface area (Å²) in [5.74, 6) is 0.0100. The Morgan fingerprint density at radius 3 is 2.38 bits per heavy atom. The van der Waals surface area contributed by atoms with Gasteiger partial charge in [-0.25, -0.2) is 0 Å². The van der Waals surface area contributed by atoms with Crippen LogP contribution in [-0.4, -0.2) is 18.9 Å². The van der Waals surface area contributed by atoms with Gasteiger partial charge >= 0.3 is 0 Å². The normalized spacial score (nSPS) is 11.5. The first-order valence-electron chi connectivity index (χ1n) is 7.86. The highest BCUT2D eigenvalue weighted by Crippen LogP contribution is 2.30. The van der Waals surface area contributed by atoms with E-state index in [1.54, 1.807) is 18.2 Å². The lowest BCUT2D eigenvalue weighted by molar-refractivity contribution is -0.117. The number of rotatable bonds is 6. The molecular weight excluding hydrogens is 304 g/mol. The molecule has 0 unspecified atom stereocenters. The molecule has 0 saturated heterocycles. The Labute approximate surface area is 142 Å². The van der Waals surface area contributed by atoms with E-state index in [9.17, 15) is 9.59 Å². The van der Waals surface area contributed by atoms with Crippen LogP contribution in [0.25, 0.3) is 0 Å². The van der Waals surface area contributed by atoms with E-state index in [-0.39, 0.29) is 17.7 Å². The van der Waals surface area contributed by atoms with Crippen molar-refractivity contribution in [3.8, 4) is 5.75 Å². The summed E-state index contributed by atoms with van der Waals surface area (Å²) in [6.45, 7) is 3.41. The quantitative estimate of drug-likeness (QED) is 0.849. The molecule has 2 aromatic carbocycles. The first-order valence-corrected chi connectivity index (χ1v) is 7.86. The SMILES string of the molecule is CC[C@H](C(=O)Nc1cc(NC(C)=O)ccc1OC)c1ccccc1. The van der Waals surface area contributed by atoms with E-state index in [0.717, 1.165) is 5.56 Å². The summed E-state index contributed by atoms with van der Waals surface area (Å²) in [7, 11) is 1.54. The van der Waals surface area contributed by atoms with Gasteiger partial charge in [-0.2, -0.15) is 0 Å². The van der Waals surface area contributed by atoms with Crippen molar-refractivity contribution < 1.29 is 14.3 Å². The van der Waals surface area contributed by atoms with Gasteiger partial charge in [-0.1, -0.05) is 37.3 Å². The molecule has 0 saturated carbocycles. The lowest BCUT2D eigenvalue weighted by Gasteiger charge is -2.17. The molecule has 0 aliphatic heterocycles. The lowest BCUT2D eigenvalue weighted by atomic mass is 9.95. The Bertz CT molecular complexity index is 714. The van der Waals surface area contributed by atoms with Crippen LogP contribution in [-0.2, 0) is 9.59 Å². The van der Waals surface area contributed by atoms with Crippen LogP contribution >= 0.6 is 0 Å². The molecule has 5 heteroatoms. The van der Waals surface area contributed by atoms with Gasteiger partial charge in [-0.05, 0) is 30.2 Å². The number of amides is 2. The van der Waals surface area contributed by atoms with Crippen LogP contribution < -0.4 is 15.4 Å². The highest BCUT2D eigenvalue weighted by molar-refractivity contribution is 5.98. The zero-order valence-corrected chi connectivity index (χ0v) is 14.1. The molecule has 5 nitrogen and oxygen atoms in total. The van der Waals surface area contributed by atoms with E-state index in [4.69, 9.17) is 4.74 Å². The molecule has 0 aliphatic rings. The molecule has 0 heterocycles. The van der Waals surface area contributed by atoms with Gasteiger partial charge in [0.2, 0.25) is 11.8 Å². The second kappa shape index (κ2) is 8.15. The minimum atomic E-state index is -0.250. The fraction of sp³-hybridized carbons (Fsp3) is 0.263. The lowest BCUT2D eigenvalue weighted by Crippen LogP contribution is -2.21. The first-order chi connectivity index (χ1) is 11.5. The van der Waals surface area contributed by atoms with E-state index in [0.29, 0.717) is 23.5 Å². The minimum Gasteiger partial charge on any atom is -0.495 e. The number of ether oxygens (including phenoxy) is 1. The average Bonchev–Trinajstić information content (AvgIpc) is 2.56. The minimum absolute atomic E-state index is 0.109. The number of carbonyl (C=O) groups excluding carboxylic acids is 2. The molecule has 0 aliphatic carbocycles. The van der Waals surface area contributed by atoms with E-state index in [1.165, 1.54) is 14.0 Å². The summed E-state index contributed by atoms with van der Waals surface area (Å²) in [4.78, 5) is 23.9. The predicted octanol–water partition coefficient (Wildman–Crippen LogP) is 3.79. The van der Waals surface area contributed by atoms with Gasteiger partial charge < -0.3 is 15.4 Å². The maximum absolute atomic E-state index is 12.7. The van der Waals surface area contributed by atoms with E-state index < -0.39 is 0 Å². The Morgan fingerprint density at radius 2 is 1.79 bits per heavy atom. The Hall–Kier alpha value is -2.82. The van der Waals surface area contributed by atoms with Gasteiger partial charge in [-0.15, -0.1) is 0 Å². The summed E-state index contributed by atoms with van der Waals surface area (Å²) in [5, 5.41) is 5.61. The monoisotopic (exact) mass is 326 g/mol. The van der Waals surface area contributed by atoms with Crippen molar-refractivity contribution >= 4 is 23.2 Å². The van der Waals surface area contributed by atoms with Crippen molar-refractivity contribution in [1.29, 1.82) is 0 Å². The smallest absolute Gasteiger partial charge is 0.232 e. The van der Waals surface area contributed by atoms with Crippen molar-refractivity contribution in [3.63, 3.8) is 0 Å². The van der Waals surface area contributed by atoms with Crippen LogP contribution in [0.15, 0.2) is 48.5 Å². The van der Waals surface area contributed by atoms with Crippen LogP contribution in [0.1, 0.15) is 31.7 Å². The number of hydrogen-bond acceptors (Lipinski definition) is 3. The number of methoxy groups -OCH3 is 1. The Kier molecular flexibility index (Phi) is 5.95. The van der Waals surface area contributed by atoms with E-state index in [1.807, 2.05) is 37.3 Å². The molecule has 0 spiro atoms. The Balaban J connectivity index is 2.24. The predicted molar refractivity (Wildman–Crippen MR) is 95.4 cm³/mol. The second-order valence-corrected chi connectivity index (χ2v) is 5.46. The molecule has 24 heavy (non-hydrogen) atoms. The fourth-order valence-electron chi connectivity index (χ4n) is 2.56. The highest BCUT2D eigenvalue weighted by atomic mass is 16.5. The number of hydrogen-bond donors (Lipinski definition) is 2. The zero-order chi connectivity index (χ0) is 17.5. The van der Waals surface area contributed by atoms with Gasteiger partial charge in [0.15, 0.2) is 0 Å². The van der Waals surface area contributed by atoms with Crippen LogP contribution in [0.5, 0.6) is 5.75 Å². The van der Waals surface area contributed by atoms with Gasteiger partial charge in [0.1, 0.15) is 5.75 Å². The number of carbonyl (C=O) groups is 2. The third kappa shape index (κ3) is 4.35. The van der Waals surface area contributed by atoms with E-state index in [2.05, 4.69) is 10.6 Å². The van der Waals surface area contributed by atoms with Gasteiger partial charge in [-0.3, -0.25) is 9.59 Å². The largest absolute Gasteiger partial charge is 0.495 e. The summed E-state index contributed by atoms with van der Waals surface area (Å²) >= 11 is 0. The van der Waals surface area contributed by atoms with E-state index >= 15 is 0 Å². The number of nitrogens with one attached hydrogen (secondary N) is 2. The Morgan fingerprint density at radius 1 is 1.08 bits per heavy atom. The zero-order valence-electron chi connectivity index (χ0n) is 14.1. The second-order valence-electron chi connectivity index (χ2n) is 5.46. The van der Waals surface area contributed by atoms with Crippen molar-refractivity contribution in [2.24, 2.45) is 0 Å². The molecule has 0 radical (unpaired) electrons. The molecule has 2 N–H and O–H groups in total. The first kappa shape index (κ1) is 17.5. The van der Waals surface area contributed by atoms with Crippen LogP contribution in [0.4, 0.5) is 11.4 Å². The molecule has 2 rings (SSSR count). The third-order valence-electron chi connectivity index (χ3n) is 3.70. The maximum atomic E-state index is 12.7. The van der Waals surface area contributed by atoms with Crippen molar-refractivity contribution in [2.45, 2.75) is 26.2 Å². The molecule has 0 bridgehead atoms. The van der Waals surface area contributed by atoms with Gasteiger partial charge in [0.05, 0.1) is 18.7 Å². The molecule has 0 aromatic heterocycles. The topological polar surface area (TPSA) is 67.4 Å². The molecule has 2 aromatic rings. The summed E-state index contributed by atoms with van der Waals surface area (Å²) in [6.07, 6.45) is 0.684. The van der Waals surface area contributed by atoms with Crippen LogP contribution in [0.2, 0.25) is 0 Å². The highest BCUT2D eigenvalue weighted by Gasteiger charge is 2.20. The molecule has 0 fully saturated rings. The number of benzene rings is 2. The summed E-state index contributed by atoms with van der Waals surface area (Å²) < 4.78 is 5.30. The molecule has 2 amide bonds. The average molecular weight is 326 g/mol. The standard InChI is InChI=1S/C19H22N2O3/c1-4-16(14-8-6-5-7-9-14)19(23)21-17-12-15(20-13(2)22)10-11-18(17)24-3/h5-12,16H,4H2,1-3H3,(H,20,22)(H,21,23)/t16-/m0/s1. The van der Waals surface area contributed by atoms with Gasteiger partial charge in [0.25, 0.3) is 0 Å². The van der Waals surface area contributed by atoms with Crippen molar-refractivity contribution in [2.75, 3.05) is 17.7 Å². The van der Waals surface area contributed by atoms with Crippen LogP contribution in [0.3, 0.4) is 0 Å². The summed E-state index contributed by atoms with van der Waals surface area (Å²) in [5.41, 5.74) is 2.10. The van der Waals surface area contributed by atoms with Gasteiger partial charge in [0, 0.05) is 12.6 Å². The summed E-state index contributed by atoms with van der Waals surface area (Å²) in [6, 6.07) is 14.8.